The van der Waals surface area contributed by atoms with Gasteiger partial charge in [0.1, 0.15) is 12.2 Å². The molecule has 0 aromatic carbocycles. The first kappa shape index (κ1) is 15.9. The molecule has 2 atom stereocenters. The number of amides is 1. The molecule has 2 unspecified atom stereocenters. The van der Waals surface area contributed by atoms with Gasteiger partial charge in [0.2, 0.25) is 5.91 Å². The van der Waals surface area contributed by atoms with E-state index in [0.717, 1.165) is 31.8 Å². The van der Waals surface area contributed by atoms with Crippen LogP contribution in [0, 0.1) is 5.41 Å². The Morgan fingerprint density at radius 1 is 1.52 bits per heavy atom. The summed E-state index contributed by atoms with van der Waals surface area (Å²) in [5.41, 5.74) is 6.09. The molecule has 1 aliphatic heterocycles. The molecule has 0 saturated carbocycles. The van der Waals surface area contributed by atoms with Crippen LogP contribution in [0.1, 0.15) is 51.8 Å². The SMILES string of the molecule is Cn1cnnc1C1CCCN(C(=O)CC(N)C(C)(C)C)C1. The Morgan fingerprint density at radius 3 is 2.81 bits per heavy atom. The van der Waals surface area contributed by atoms with Crippen LogP contribution in [0.5, 0.6) is 0 Å². The Hall–Kier alpha value is -1.43. The molecular formula is C15H27N5O. The zero-order chi connectivity index (χ0) is 15.6. The molecule has 118 valence electrons. The molecule has 0 aliphatic carbocycles. The number of hydrogen-bond acceptors (Lipinski definition) is 4. The summed E-state index contributed by atoms with van der Waals surface area (Å²) in [6.45, 7) is 7.77. The standard InChI is InChI=1S/C15H27N5O/c1-15(2,3)12(16)8-13(21)20-7-5-6-11(9-20)14-18-17-10-19(14)4/h10-12H,5-9,16H2,1-4H3. The lowest BCUT2D eigenvalue weighted by Crippen LogP contribution is -2.45. The third-order valence-corrected chi connectivity index (χ3v) is 4.39. The number of carbonyl (C=O) groups excluding carboxylic acids is 1. The highest BCUT2D eigenvalue weighted by Gasteiger charge is 2.30. The lowest BCUT2D eigenvalue weighted by Gasteiger charge is -2.34. The van der Waals surface area contributed by atoms with Gasteiger partial charge >= 0.3 is 0 Å². The summed E-state index contributed by atoms with van der Waals surface area (Å²) in [5.74, 6) is 1.40. The highest BCUT2D eigenvalue weighted by atomic mass is 16.2. The van der Waals surface area contributed by atoms with E-state index in [2.05, 4.69) is 31.0 Å². The van der Waals surface area contributed by atoms with Gasteiger partial charge in [-0.05, 0) is 18.3 Å². The second-order valence-corrected chi connectivity index (χ2v) is 7.16. The van der Waals surface area contributed by atoms with Crippen molar-refractivity contribution in [1.29, 1.82) is 0 Å². The van der Waals surface area contributed by atoms with E-state index in [1.54, 1.807) is 6.33 Å². The van der Waals surface area contributed by atoms with Crippen LogP contribution in [-0.4, -0.2) is 44.7 Å². The van der Waals surface area contributed by atoms with Gasteiger partial charge in [0.05, 0.1) is 0 Å². The van der Waals surface area contributed by atoms with E-state index in [1.807, 2.05) is 16.5 Å². The van der Waals surface area contributed by atoms with E-state index in [0.29, 0.717) is 6.42 Å². The number of nitrogens with two attached hydrogens (primary N) is 1. The lowest BCUT2D eigenvalue weighted by atomic mass is 9.85. The average molecular weight is 293 g/mol. The molecule has 2 N–H and O–H groups in total. The van der Waals surface area contributed by atoms with Gasteiger partial charge in [0, 0.05) is 38.5 Å². The van der Waals surface area contributed by atoms with Gasteiger partial charge in [-0.1, -0.05) is 20.8 Å². The second kappa shape index (κ2) is 6.13. The smallest absolute Gasteiger partial charge is 0.224 e. The predicted octanol–water partition coefficient (Wildman–Crippen LogP) is 1.28. The molecule has 1 aromatic heterocycles. The van der Waals surface area contributed by atoms with E-state index in [1.165, 1.54) is 0 Å². The van der Waals surface area contributed by atoms with Crippen LogP contribution in [0.2, 0.25) is 0 Å². The number of hydrogen-bond donors (Lipinski definition) is 1. The zero-order valence-electron chi connectivity index (χ0n) is 13.5. The van der Waals surface area contributed by atoms with E-state index in [-0.39, 0.29) is 23.3 Å². The first-order valence-electron chi connectivity index (χ1n) is 7.66. The van der Waals surface area contributed by atoms with Crippen molar-refractivity contribution in [2.45, 2.75) is 52.0 Å². The van der Waals surface area contributed by atoms with Crippen LogP contribution in [0.25, 0.3) is 0 Å². The van der Waals surface area contributed by atoms with Crippen molar-refractivity contribution in [2.75, 3.05) is 13.1 Å². The minimum atomic E-state index is -0.111. The van der Waals surface area contributed by atoms with Crippen molar-refractivity contribution in [1.82, 2.24) is 19.7 Å². The molecule has 0 bridgehead atoms. The largest absolute Gasteiger partial charge is 0.342 e. The number of aromatic nitrogens is 3. The maximum Gasteiger partial charge on any atom is 0.224 e. The molecule has 0 spiro atoms. The van der Waals surface area contributed by atoms with Gasteiger partial charge in [0.15, 0.2) is 0 Å². The number of carbonyl (C=O) groups is 1. The Balaban J connectivity index is 1.98. The number of aryl methyl sites for hydroxylation is 1. The first-order chi connectivity index (χ1) is 9.79. The molecule has 2 rings (SSSR count). The van der Waals surface area contributed by atoms with Gasteiger partial charge in [-0.3, -0.25) is 4.79 Å². The van der Waals surface area contributed by atoms with Gasteiger partial charge in [0.25, 0.3) is 0 Å². The molecule has 1 saturated heterocycles. The topological polar surface area (TPSA) is 77.0 Å². The van der Waals surface area contributed by atoms with Gasteiger partial charge in [-0.25, -0.2) is 0 Å². The van der Waals surface area contributed by atoms with E-state index >= 15 is 0 Å². The van der Waals surface area contributed by atoms with Crippen molar-refractivity contribution >= 4 is 5.91 Å². The lowest BCUT2D eigenvalue weighted by molar-refractivity contribution is -0.133. The van der Waals surface area contributed by atoms with Gasteiger partial charge < -0.3 is 15.2 Å². The summed E-state index contributed by atoms with van der Waals surface area (Å²) in [6, 6.07) is -0.111. The monoisotopic (exact) mass is 293 g/mol. The fourth-order valence-corrected chi connectivity index (χ4v) is 2.70. The Labute approximate surface area is 126 Å². The molecule has 6 heteroatoms. The Bertz CT molecular complexity index is 490. The normalized spacial score (nSPS) is 21.4. The van der Waals surface area contributed by atoms with Crippen LogP contribution < -0.4 is 5.73 Å². The summed E-state index contributed by atoms with van der Waals surface area (Å²) in [7, 11) is 1.95. The first-order valence-corrected chi connectivity index (χ1v) is 7.66. The van der Waals surface area contributed by atoms with Gasteiger partial charge in [-0.2, -0.15) is 0 Å². The molecule has 1 aliphatic rings. The van der Waals surface area contributed by atoms with Crippen LogP contribution in [0.3, 0.4) is 0 Å². The van der Waals surface area contributed by atoms with E-state index in [9.17, 15) is 4.79 Å². The van der Waals surface area contributed by atoms with Crippen molar-refractivity contribution in [3.63, 3.8) is 0 Å². The van der Waals surface area contributed by atoms with Crippen molar-refractivity contribution in [3.05, 3.63) is 12.2 Å². The highest BCUT2D eigenvalue weighted by Crippen LogP contribution is 2.26. The van der Waals surface area contributed by atoms with Crippen molar-refractivity contribution in [2.24, 2.45) is 18.2 Å². The van der Waals surface area contributed by atoms with Crippen LogP contribution in [0.15, 0.2) is 6.33 Å². The average Bonchev–Trinajstić information content (AvgIpc) is 2.84. The summed E-state index contributed by atoms with van der Waals surface area (Å²) in [5, 5.41) is 8.12. The maximum absolute atomic E-state index is 12.5. The van der Waals surface area contributed by atoms with E-state index in [4.69, 9.17) is 5.73 Å². The fraction of sp³-hybridized carbons (Fsp3) is 0.800. The number of rotatable bonds is 3. The number of nitrogens with zero attached hydrogens (tertiary/aromatic N) is 4. The molecule has 1 amide bonds. The maximum atomic E-state index is 12.5. The van der Waals surface area contributed by atoms with E-state index < -0.39 is 0 Å². The zero-order valence-corrected chi connectivity index (χ0v) is 13.5. The van der Waals surface area contributed by atoms with Crippen molar-refractivity contribution in [3.8, 4) is 0 Å². The molecule has 6 nitrogen and oxygen atoms in total. The molecule has 21 heavy (non-hydrogen) atoms. The Morgan fingerprint density at radius 2 is 2.24 bits per heavy atom. The molecular weight excluding hydrogens is 266 g/mol. The summed E-state index contributed by atoms with van der Waals surface area (Å²) < 4.78 is 1.94. The van der Waals surface area contributed by atoms with Crippen LogP contribution in [0.4, 0.5) is 0 Å². The molecule has 1 aromatic rings. The summed E-state index contributed by atoms with van der Waals surface area (Å²) in [4.78, 5) is 14.4. The van der Waals surface area contributed by atoms with Crippen LogP contribution in [-0.2, 0) is 11.8 Å². The fourth-order valence-electron chi connectivity index (χ4n) is 2.70. The summed E-state index contributed by atoms with van der Waals surface area (Å²) in [6.07, 6.45) is 4.19. The third-order valence-electron chi connectivity index (χ3n) is 4.39. The van der Waals surface area contributed by atoms with Crippen molar-refractivity contribution < 1.29 is 4.79 Å². The summed E-state index contributed by atoms with van der Waals surface area (Å²) >= 11 is 0. The second-order valence-electron chi connectivity index (χ2n) is 7.16. The Kier molecular flexibility index (Phi) is 4.66. The highest BCUT2D eigenvalue weighted by molar-refractivity contribution is 5.77. The van der Waals surface area contributed by atoms with Gasteiger partial charge in [-0.15, -0.1) is 10.2 Å². The van der Waals surface area contributed by atoms with Crippen LogP contribution >= 0.6 is 0 Å². The molecule has 0 radical (unpaired) electrons. The molecule has 1 fully saturated rings. The third kappa shape index (κ3) is 3.81. The predicted molar refractivity (Wildman–Crippen MR) is 81.6 cm³/mol. The quantitative estimate of drug-likeness (QED) is 0.911. The molecule has 2 heterocycles. The minimum absolute atomic E-state index is 0.0472. The minimum Gasteiger partial charge on any atom is -0.342 e. The number of piperidine rings is 1. The number of likely N-dealkylation sites (tertiary alicyclic amines) is 1.